The number of ether oxygens (including phenoxy) is 2. The van der Waals surface area contributed by atoms with Gasteiger partial charge in [-0.1, -0.05) is 13.8 Å². The van der Waals surface area contributed by atoms with E-state index in [4.69, 9.17) is 9.47 Å². The van der Waals surface area contributed by atoms with E-state index in [1.807, 2.05) is 31.3 Å². The molecule has 1 N–H and O–H groups in total. The lowest BCUT2D eigenvalue weighted by atomic mass is 10.2. The fourth-order valence-corrected chi connectivity index (χ4v) is 1.45. The van der Waals surface area contributed by atoms with E-state index in [0.717, 1.165) is 30.9 Å². The Labute approximate surface area is 104 Å². The standard InChI is InChI=1S/C14H23NO2/c1-4-10-16-13-6-8-14(9-7-13)17-11-12(5-2)15-3/h6-9,12,15H,4-5,10-11H2,1-3H3. The number of nitrogens with one attached hydrogen (secondary N) is 1. The molecule has 0 aromatic heterocycles. The van der Waals surface area contributed by atoms with Crippen molar-refractivity contribution in [2.24, 2.45) is 0 Å². The van der Waals surface area contributed by atoms with Gasteiger partial charge >= 0.3 is 0 Å². The quantitative estimate of drug-likeness (QED) is 0.754. The summed E-state index contributed by atoms with van der Waals surface area (Å²) in [5, 5.41) is 3.21. The summed E-state index contributed by atoms with van der Waals surface area (Å²) in [5.74, 6) is 1.79. The Hall–Kier alpha value is -1.22. The minimum Gasteiger partial charge on any atom is -0.494 e. The smallest absolute Gasteiger partial charge is 0.119 e. The Morgan fingerprint density at radius 3 is 2.12 bits per heavy atom. The van der Waals surface area contributed by atoms with Crippen molar-refractivity contribution in [2.45, 2.75) is 32.7 Å². The van der Waals surface area contributed by atoms with E-state index in [1.54, 1.807) is 0 Å². The monoisotopic (exact) mass is 237 g/mol. The predicted octanol–water partition coefficient (Wildman–Crippen LogP) is 2.85. The molecule has 1 rings (SSSR count). The highest BCUT2D eigenvalue weighted by Gasteiger charge is 2.03. The van der Waals surface area contributed by atoms with Gasteiger partial charge in [-0.15, -0.1) is 0 Å². The third-order valence-corrected chi connectivity index (χ3v) is 2.65. The summed E-state index contributed by atoms with van der Waals surface area (Å²) >= 11 is 0. The lowest BCUT2D eigenvalue weighted by Crippen LogP contribution is -2.30. The summed E-state index contributed by atoms with van der Waals surface area (Å²) in [6.07, 6.45) is 2.09. The first kappa shape index (κ1) is 13.8. The largest absolute Gasteiger partial charge is 0.494 e. The fourth-order valence-electron chi connectivity index (χ4n) is 1.45. The van der Waals surface area contributed by atoms with Crippen molar-refractivity contribution in [1.29, 1.82) is 0 Å². The zero-order valence-corrected chi connectivity index (χ0v) is 11.0. The van der Waals surface area contributed by atoms with Crippen LogP contribution >= 0.6 is 0 Å². The van der Waals surface area contributed by atoms with Crippen LogP contribution in [0.4, 0.5) is 0 Å². The van der Waals surface area contributed by atoms with Gasteiger partial charge in [-0.2, -0.15) is 0 Å². The van der Waals surface area contributed by atoms with E-state index in [0.29, 0.717) is 12.6 Å². The molecule has 96 valence electrons. The van der Waals surface area contributed by atoms with Crippen LogP contribution in [0, 0.1) is 0 Å². The van der Waals surface area contributed by atoms with Crippen molar-refractivity contribution < 1.29 is 9.47 Å². The fraction of sp³-hybridized carbons (Fsp3) is 0.571. The van der Waals surface area contributed by atoms with Crippen molar-refractivity contribution >= 4 is 0 Å². The Morgan fingerprint density at radius 1 is 1.06 bits per heavy atom. The van der Waals surface area contributed by atoms with Crippen molar-refractivity contribution in [2.75, 3.05) is 20.3 Å². The van der Waals surface area contributed by atoms with E-state index < -0.39 is 0 Å². The molecule has 3 nitrogen and oxygen atoms in total. The zero-order chi connectivity index (χ0) is 12.5. The molecule has 0 saturated heterocycles. The molecule has 0 aliphatic rings. The molecule has 1 unspecified atom stereocenters. The van der Waals surface area contributed by atoms with E-state index in [9.17, 15) is 0 Å². The number of benzene rings is 1. The van der Waals surface area contributed by atoms with Crippen molar-refractivity contribution in [3.05, 3.63) is 24.3 Å². The highest BCUT2D eigenvalue weighted by Crippen LogP contribution is 2.17. The highest BCUT2D eigenvalue weighted by atomic mass is 16.5. The number of rotatable bonds is 8. The van der Waals surface area contributed by atoms with Crippen molar-refractivity contribution in [3.8, 4) is 11.5 Å². The minimum absolute atomic E-state index is 0.408. The van der Waals surface area contributed by atoms with Gasteiger partial charge in [0.2, 0.25) is 0 Å². The van der Waals surface area contributed by atoms with E-state index in [2.05, 4.69) is 19.2 Å². The molecule has 17 heavy (non-hydrogen) atoms. The minimum atomic E-state index is 0.408. The Kier molecular flexibility index (Phi) is 6.48. The third kappa shape index (κ3) is 5.09. The van der Waals surface area contributed by atoms with E-state index in [-0.39, 0.29) is 0 Å². The Bertz CT molecular complexity index is 294. The van der Waals surface area contributed by atoms with Crippen LogP contribution in [0.25, 0.3) is 0 Å². The summed E-state index contributed by atoms with van der Waals surface area (Å²) in [6, 6.07) is 8.21. The first-order valence-corrected chi connectivity index (χ1v) is 6.33. The molecule has 0 heterocycles. The maximum Gasteiger partial charge on any atom is 0.119 e. The van der Waals surface area contributed by atoms with Gasteiger partial charge in [-0.3, -0.25) is 0 Å². The first-order valence-electron chi connectivity index (χ1n) is 6.33. The molecule has 3 heteroatoms. The normalized spacial score (nSPS) is 12.2. The lowest BCUT2D eigenvalue weighted by molar-refractivity contribution is 0.266. The molecule has 1 aromatic carbocycles. The predicted molar refractivity (Wildman–Crippen MR) is 70.9 cm³/mol. The second-order valence-electron chi connectivity index (χ2n) is 4.02. The number of hydrogen-bond donors (Lipinski definition) is 1. The van der Waals surface area contributed by atoms with Gasteiger partial charge in [0.25, 0.3) is 0 Å². The summed E-state index contributed by atoms with van der Waals surface area (Å²) in [7, 11) is 1.96. The molecule has 0 aliphatic carbocycles. The van der Waals surface area contributed by atoms with Crippen LogP contribution in [-0.4, -0.2) is 26.3 Å². The number of hydrogen-bond acceptors (Lipinski definition) is 3. The molecular formula is C14H23NO2. The average Bonchev–Trinajstić information content (AvgIpc) is 2.39. The van der Waals surface area contributed by atoms with Crippen molar-refractivity contribution in [1.82, 2.24) is 5.32 Å². The molecule has 0 spiro atoms. The van der Waals surface area contributed by atoms with Crippen LogP contribution in [0.2, 0.25) is 0 Å². The van der Waals surface area contributed by atoms with E-state index in [1.165, 1.54) is 0 Å². The average molecular weight is 237 g/mol. The molecule has 0 saturated carbocycles. The third-order valence-electron chi connectivity index (χ3n) is 2.65. The first-order chi connectivity index (χ1) is 8.30. The SMILES string of the molecule is CCCOc1ccc(OCC(CC)NC)cc1. The topological polar surface area (TPSA) is 30.5 Å². The molecule has 1 aromatic rings. The second-order valence-corrected chi connectivity index (χ2v) is 4.02. The molecule has 0 radical (unpaired) electrons. The van der Waals surface area contributed by atoms with Crippen LogP contribution in [-0.2, 0) is 0 Å². The van der Waals surface area contributed by atoms with Crippen LogP contribution in [0.15, 0.2) is 24.3 Å². The maximum atomic E-state index is 5.69. The van der Waals surface area contributed by atoms with Gasteiger partial charge in [-0.05, 0) is 44.2 Å². The van der Waals surface area contributed by atoms with E-state index >= 15 is 0 Å². The highest BCUT2D eigenvalue weighted by molar-refractivity contribution is 5.31. The van der Waals surface area contributed by atoms with Gasteiger partial charge in [0, 0.05) is 6.04 Å². The molecular weight excluding hydrogens is 214 g/mol. The number of likely N-dealkylation sites (N-methyl/N-ethyl adjacent to an activating group) is 1. The van der Waals surface area contributed by atoms with Crippen LogP contribution < -0.4 is 14.8 Å². The maximum absolute atomic E-state index is 5.69. The van der Waals surface area contributed by atoms with Crippen LogP contribution in [0.3, 0.4) is 0 Å². The Morgan fingerprint density at radius 2 is 1.65 bits per heavy atom. The zero-order valence-electron chi connectivity index (χ0n) is 11.0. The molecule has 0 amide bonds. The molecule has 0 fully saturated rings. The summed E-state index contributed by atoms with van der Waals surface area (Å²) < 4.78 is 11.2. The van der Waals surface area contributed by atoms with Gasteiger partial charge in [0.15, 0.2) is 0 Å². The summed E-state index contributed by atoms with van der Waals surface area (Å²) in [5.41, 5.74) is 0. The summed E-state index contributed by atoms with van der Waals surface area (Å²) in [4.78, 5) is 0. The second kappa shape index (κ2) is 7.96. The van der Waals surface area contributed by atoms with Crippen LogP contribution in [0.5, 0.6) is 11.5 Å². The lowest BCUT2D eigenvalue weighted by Gasteiger charge is -2.15. The van der Waals surface area contributed by atoms with Gasteiger partial charge in [0.1, 0.15) is 18.1 Å². The van der Waals surface area contributed by atoms with Crippen molar-refractivity contribution in [3.63, 3.8) is 0 Å². The molecule has 0 bridgehead atoms. The summed E-state index contributed by atoms with van der Waals surface area (Å²) in [6.45, 7) is 5.70. The van der Waals surface area contributed by atoms with Gasteiger partial charge < -0.3 is 14.8 Å². The van der Waals surface area contributed by atoms with Gasteiger partial charge in [-0.25, -0.2) is 0 Å². The van der Waals surface area contributed by atoms with Crippen LogP contribution in [0.1, 0.15) is 26.7 Å². The molecule has 1 atom stereocenters. The Balaban J connectivity index is 2.39. The molecule has 0 aliphatic heterocycles. The van der Waals surface area contributed by atoms with Gasteiger partial charge in [0.05, 0.1) is 6.61 Å².